The minimum Gasteiger partial charge on any atom is -0.311 e. The number of rotatable bonds is 4. The van der Waals surface area contributed by atoms with Crippen LogP contribution in [0.15, 0.2) is 12.7 Å². The maximum Gasteiger partial charge on any atom is 0.0101 e. The van der Waals surface area contributed by atoms with Crippen molar-refractivity contribution in [1.82, 2.24) is 5.32 Å². The zero-order chi connectivity index (χ0) is 15.5. The van der Waals surface area contributed by atoms with Crippen LogP contribution in [0.1, 0.15) is 78.1 Å². The highest BCUT2D eigenvalue weighted by atomic mass is 15.0. The second-order valence-corrected chi connectivity index (χ2v) is 8.64. The molecule has 22 heavy (non-hydrogen) atoms. The van der Waals surface area contributed by atoms with Crippen LogP contribution in [0.3, 0.4) is 0 Å². The Morgan fingerprint density at radius 1 is 1.00 bits per heavy atom. The second kappa shape index (κ2) is 7.51. The molecule has 3 rings (SSSR count). The third-order valence-electron chi connectivity index (χ3n) is 7.27. The topological polar surface area (TPSA) is 12.0 Å². The van der Waals surface area contributed by atoms with Crippen molar-refractivity contribution in [3.05, 3.63) is 12.7 Å². The average Bonchev–Trinajstić information content (AvgIpc) is 2.53. The summed E-state index contributed by atoms with van der Waals surface area (Å²) in [4.78, 5) is 0. The van der Waals surface area contributed by atoms with Crippen LogP contribution in [0.5, 0.6) is 0 Å². The summed E-state index contributed by atoms with van der Waals surface area (Å²) in [6, 6.07) is 1.60. The van der Waals surface area contributed by atoms with E-state index in [1.807, 2.05) is 0 Å². The lowest BCUT2D eigenvalue weighted by Crippen LogP contribution is -2.53. The zero-order valence-corrected chi connectivity index (χ0v) is 14.9. The molecule has 126 valence electrons. The summed E-state index contributed by atoms with van der Waals surface area (Å²) in [6.07, 6.45) is 16.4. The van der Waals surface area contributed by atoms with E-state index in [0.29, 0.717) is 0 Å². The van der Waals surface area contributed by atoms with Gasteiger partial charge in [-0.15, -0.1) is 6.58 Å². The summed E-state index contributed by atoms with van der Waals surface area (Å²) in [7, 11) is 0. The highest BCUT2D eigenvalue weighted by Gasteiger charge is 2.45. The van der Waals surface area contributed by atoms with Crippen LogP contribution < -0.4 is 5.32 Å². The number of fused-ring (bicyclic) bond motifs is 1. The Morgan fingerprint density at radius 3 is 2.50 bits per heavy atom. The molecule has 0 bridgehead atoms. The van der Waals surface area contributed by atoms with E-state index in [2.05, 4.69) is 31.8 Å². The fourth-order valence-electron chi connectivity index (χ4n) is 6.20. The molecule has 0 heterocycles. The summed E-state index contributed by atoms with van der Waals surface area (Å²) in [5.74, 6) is 4.61. The first-order valence-corrected chi connectivity index (χ1v) is 10.1. The number of allylic oxidation sites excluding steroid dienone is 1. The highest BCUT2D eigenvalue weighted by molar-refractivity contribution is 4.98. The summed E-state index contributed by atoms with van der Waals surface area (Å²) in [6.45, 7) is 9.11. The lowest BCUT2D eigenvalue weighted by atomic mass is 9.56. The third kappa shape index (κ3) is 3.45. The van der Waals surface area contributed by atoms with Crippen molar-refractivity contribution in [3.63, 3.8) is 0 Å². The molecule has 1 N–H and O–H groups in total. The highest BCUT2D eigenvalue weighted by Crippen LogP contribution is 2.50. The molecular formula is C21H37N. The van der Waals surface area contributed by atoms with E-state index in [4.69, 9.17) is 0 Å². The largest absolute Gasteiger partial charge is 0.311 e. The van der Waals surface area contributed by atoms with Crippen LogP contribution in [-0.4, -0.2) is 12.1 Å². The molecule has 0 amide bonds. The van der Waals surface area contributed by atoms with Gasteiger partial charge < -0.3 is 5.32 Å². The fraction of sp³-hybridized carbons (Fsp3) is 0.905. The van der Waals surface area contributed by atoms with Crippen LogP contribution in [0, 0.1) is 29.6 Å². The van der Waals surface area contributed by atoms with Crippen molar-refractivity contribution in [3.8, 4) is 0 Å². The van der Waals surface area contributed by atoms with Crippen LogP contribution in [0.25, 0.3) is 0 Å². The van der Waals surface area contributed by atoms with Gasteiger partial charge in [0.05, 0.1) is 0 Å². The summed E-state index contributed by atoms with van der Waals surface area (Å²) in [5.41, 5.74) is 0. The Hall–Kier alpha value is -0.300. The Morgan fingerprint density at radius 2 is 1.77 bits per heavy atom. The maximum absolute atomic E-state index is 4.10. The quantitative estimate of drug-likeness (QED) is 0.670. The van der Waals surface area contributed by atoms with Gasteiger partial charge in [0.25, 0.3) is 0 Å². The molecule has 0 radical (unpaired) electrons. The van der Waals surface area contributed by atoms with E-state index in [-0.39, 0.29) is 0 Å². The summed E-state index contributed by atoms with van der Waals surface area (Å²) < 4.78 is 0. The molecule has 0 spiro atoms. The first kappa shape index (κ1) is 16.6. The van der Waals surface area contributed by atoms with E-state index in [1.54, 1.807) is 0 Å². The Labute approximate surface area is 138 Å². The van der Waals surface area contributed by atoms with E-state index >= 15 is 0 Å². The van der Waals surface area contributed by atoms with Gasteiger partial charge >= 0.3 is 0 Å². The molecule has 6 atom stereocenters. The van der Waals surface area contributed by atoms with Crippen molar-refractivity contribution in [2.45, 2.75) is 90.1 Å². The zero-order valence-electron chi connectivity index (χ0n) is 14.9. The van der Waals surface area contributed by atoms with Gasteiger partial charge in [-0.3, -0.25) is 0 Å². The molecule has 1 nitrogen and oxygen atoms in total. The standard InChI is InChI=1S/C21H37N/c1-4-9-17-10-8-13-19-16(3)20(14-15(2)21(17)19)22-18-11-6-5-7-12-18/h4,15-22H,1,5-14H2,2-3H3. The molecule has 0 aromatic carbocycles. The fourth-order valence-corrected chi connectivity index (χ4v) is 6.20. The number of nitrogens with one attached hydrogen (secondary N) is 1. The minimum atomic E-state index is 0.779. The SMILES string of the molecule is C=CCC1CCCC2C(C)C(NC3CCCCC3)CC(C)C12. The van der Waals surface area contributed by atoms with E-state index in [1.165, 1.54) is 64.2 Å². The van der Waals surface area contributed by atoms with Crippen LogP contribution in [0.2, 0.25) is 0 Å². The normalized spacial score (nSPS) is 43.5. The van der Waals surface area contributed by atoms with Gasteiger partial charge in [0.2, 0.25) is 0 Å². The van der Waals surface area contributed by atoms with Crippen molar-refractivity contribution in [2.24, 2.45) is 29.6 Å². The number of hydrogen-bond acceptors (Lipinski definition) is 1. The minimum absolute atomic E-state index is 0.779. The van der Waals surface area contributed by atoms with Crippen molar-refractivity contribution < 1.29 is 0 Å². The molecule has 1 heteroatoms. The van der Waals surface area contributed by atoms with Crippen molar-refractivity contribution in [1.29, 1.82) is 0 Å². The van der Waals surface area contributed by atoms with Gasteiger partial charge in [-0.05, 0) is 68.1 Å². The predicted molar refractivity (Wildman–Crippen MR) is 95.9 cm³/mol. The molecule has 0 aliphatic heterocycles. The molecule has 3 saturated carbocycles. The molecule has 6 unspecified atom stereocenters. The first-order valence-electron chi connectivity index (χ1n) is 10.1. The summed E-state index contributed by atoms with van der Waals surface area (Å²) >= 11 is 0. The third-order valence-corrected chi connectivity index (χ3v) is 7.27. The van der Waals surface area contributed by atoms with Crippen LogP contribution in [0.4, 0.5) is 0 Å². The monoisotopic (exact) mass is 303 g/mol. The predicted octanol–water partition coefficient (Wildman–Crippen LogP) is 5.56. The molecule has 0 aromatic heterocycles. The second-order valence-electron chi connectivity index (χ2n) is 8.64. The van der Waals surface area contributed by atoms with Crippen LogP contribution in [-0.2, 0) is 0 Å². The Balaban J connectivity index is 1.65. The molecular weight excluding hydrogens is 266 g/mol. The Kier molecular flexibility index (Phi) is 5.65. The van der Waals surface area contributed by atoms with Gasteiger partial charge in [-0.1, -0.05) is 45.6 Å². The van der Waals surface area contributed by atoms with Gasteiger partial charge in [0.1, 0.15) is 0 Å². The van der Waals surface area contributed by atoms with E-state index in [9.17, 15) is 0 Å². The molecule has 3 aliphatic rings. The van der Waals surface area contributed by atoms with Crippen LogP contribution >= 0.6 is 0 Å². The van der Waals surface area contributed by atoms with Gasteiger partial charge in [-0.25, -0.2) is 0 Å². The number of hydrogen-bond donors (Lipinski definition) is 1. The van der Waals surface area contributed by atoms with Gasteiger partial charge in [-0.2, -0.15) is 0 Å². The van der Waals surface area contributed by atoms with Crippen molar-refractivity contribution >= 4 is 0 Å². The molecule has 0 saturated heterocycles. The smallest absolute Gasteiger partial charge is 0.0101 e. The van der Waals surface area contributed by atoms with E-state index in [0.717, 1.165) is 41.7 Å². The van der Waals surface area contributed by atoms with E-state index < -0.39 is 0 Å². The summed E-state index contributed by atoms with van der Waals surface area (Å²) in [5, 5.41) is 4.10. The lowest BCUT2D eigenvalue weighted by Gasteiger charge is -2.52. The lowest BCUT2D eigenvalue weighted by molar-refractivity contribution is -0.00326. The maximum atomic E-state index is 4.10. The average molecular weight is 304 g/mol. The first-order chi connectivity index (χ1) is 10.7. The Bertz CT molecular complexity index is 357. The molecule has 3 aliphatic carbocycles. The molecule has 3 fully saturated rings. The molecule has 0 aromatic rings. The van der Waals surface area contributed by atoms with Gasteiger partial charge in [0, 0.05) is 12.1 Å². The van der Waals surface area contributed by atoms with Gasteiger partial charge in [0.15, 0.2) is 0 Å². The van der Waals surface area contributed by atoms with Crippen molar-refractivity contribution in [2.75, 3.05) is 0 Å².